The van der Waals surface area contributed by atoms with Crippen molar-refractivity contribution in [2.24, 2.45) is 0 Å². The SMILES string of the molecule is COc1cccc(CNC(=O)c2cnc(C3CCN(C(=O)Cc4ccccc4)C3)nc2C)c1. The maximum absolute atomic E-state index is 12.7. The number of nitrogens with zero attached hydrogens (tertiary/aromatic N) is 3. The van der Waals surface area contributed by atoms with Gasteiger partial charge in [0, 0.05) is 31.7 Å². The van der Waals surface area contributed by atoms with Crippen molar-refractivity contribution in [2.45, 2.75) is 32.2 Å². The number of aryl methyl sites for hydroxylation is 1. The molecular weight excluding hydrogens is 416 g/mol. The van der Waals surface area contributed by atoms with Gasteiger partial charge in [-0.3, -0.25) is 9.59 Å². The molecule has 0 bridgehead atoms. The highest BCUT2D eigenvalue weighted by Crippen LogP contribution is 2.25. The van der Waals surface area contributed by atoms with Crippen LogP contribution in [-0.2, 0) is 17.8 Å². The lowest BCUT2D eigenvalue weighted by molar-refractivity contribution is -0.129. The first-order valence-corrected chi connectivity index (χ1v) is 11.1. The van der Waals surface area contributed by atoms with Gasteiger partial charge in [0.1, 0.15) is 11.6 Å². The van der Waals surface area contributed by atoms with Gasteiger partial charge < -0.3 is 15.0 Å². The molecule has 1 N–H and O–H groups in total. The standard InChI is InChI=1S/C26H28N4O3/c1-18-23(26(32)28-15-20-9-6-10-22(13-20)33-2)16-27-25(29-18)21-11-12-30(17-21)24(31)14-19-7-4-3-5-8-19/h3-10,13,16,21H,11-12,14-15,17H2,1-2H3,(H,28,32). The zero-order valence-electron chi connectivity index (χ0n) is 19.0. The Balaban J connectivity index is 1.35. The fourth-order valence-corrected chi connectivity index (χ4v) is 4.04. The maximum Gasteiger partial charge on any atom is 0.254 e. The van der Waals surface area contributed by atoms with Gasteiger partial charge in [-0.1, -0.05) is 42.5 Å². The Bertz CT molecular complexity index is 1130. The van der Waals surface area contributed by atoms with E-state index in [-0.39, 0.29) is 17.7 Å². The fourth-order valence-electron chi connectivity index (χ4n) is 4.04. The highest BCUT2D eigenvalue weighted by molar-refractivity contribution is 5.94. The molecule has 0 aliphatic carbocycles. The molecule has 0 saturated carbocycles. The molecule has 0 radical (unpaired) electrons. The van der Waals surface area contributed by atoms with E-state index in [9.17, 15) is 9.59 Å². The number of benzene rings is 2. The number of aromatic nitrogens is 2. The first-order valence-electron chi connectivity index (χ1n) is 11.1. The number of carbonyl (C=O) groups is 2. The quantitative estimate of drug-likeness (QED) is 0.605. The molecule has 1 aromatic heterocycles. The van der Waals surface area contributed by atoms with Crippen LogP contribution in [0.25, 0.3) is 0 Å². The zero-order valence-corrected chi connectivity index (χ0v) is 19.0. The average molecular weight is 445 g/mol. The molecule has 1 fully saturated rings. The summed E-state index contributed by atoms with van der Waals surface area (Å²) in [7, 11) is 1.61. The predicted octanol–water partition coefficient (Wildman–Crippen LogP) is 3.28. The van der Waals surface area contributed by atoms with E-state index >= 15 is 0 Å². The molecule has 7 heteroatoms. The van der Waals surface area contributed by atoms with Gasteiger partial charge in [-0.15, -0.1) is 0 Å². The van der Waals surface area contributed by atoms with Crippen molar-refractivity contribution in [3.8, 4) is 5.75 Å². The minimum absolute atomic E-state index is 0.0809. The summed E-state index contributed by atoms with van der Waals surface area (Å²) in [5.74, 6) is 1.42. The number of hydrogen-bond donors (Lipinski definition) is 1. The van der Waals surface area contributed by atoms with E-state index in [1.54, 1.807) is 13.3 Å². The van der Waals surface area contributed by atoms with Gasteiger partial charge in [0.05, 0.1) is 24.8 Å². The topological polar surface area (TPSA) is 84.4 Å². The van der Waals surface area contributed by atoms with Gasteiger partial charge >= 0.3 is 0 Å². The molecule has 7 nitrogen and oxygen atoms in total. The first-order chi connectivity index (χ1) is 16.0. The first kappa shape index (κ1) is 22.5. The van der Waals surface area contributed by atoms with Gasteiger partial charge in [0.15, 0.2) is 0 Å². The van der Waals surface area contributed by atoms with Crippen molar-refractivity contribution in [3.05, 3.63) is 89.0 Å². The molecule has 170 valence electrons. The van der Waals surface area contributed by atoms with Crippen LogP contribution in [0.5, 0.6) is 5.75 Å². The third-order valence-corrected chi connectivity index (χ3v) is 5.93. The summed E-state index contributed by atoms with van der Waals surface area (Å²) in [4.78, 5) is 36.3. The van der Waals surface area contributed by atoms with E-state index in [2.05, 4.69) is 15.3 Å². The minimum atomic E-state index is -0.215. The molecule has 1 atom stereocenters. The number of carbonyl (C=O) groups excluding carboxylic acids is 2. The van der Waals surface area contributed by atoms with Gasteiger partial charge in [-0.05, 0) is 36.6 Å². The molecule has 4 rings (SSSR count). The number of ether oxygens (including phenoxy) is 1. The third kappa shape index (κ3) is 5.55. The van der Waals surface area contributed by atoms with E-state index in [1.165, 1.54) is 0 Å². The summed E-state index contributed by atoms with van der Waals surface area (Å²) in [6, 6.07) is 17.3. The van der Waals surface area contributed by atoms with Gasteiger partial charge in [0.25, 0.3) is 5.91 Å². The average Bonchev–Trinajstić information content (AvgIpc) is 3.34. The van der Waals surface area contributed by atoms with Gasteiger partial charge in [0.2, 0.25) is 5.91 Å². The van der Waals surface area contributed by atoms with Crippen LogP contribution in [0.2, 0.25) is 0 Å². The van der Waals surface area contributed by atoms with Crippen molar-refractivity contribution >= 4 is 11.8 Å². The predicted molar refractivity (Wildman–Crippen MR) is 125 cm³/mol. The van der Waals surface area contributed by atoms with E-state index in [4.69, 9.17) is 4.74 Å². The lowest BCUT2D eigenvalue weighted by Gasteiger charge is -2.16. The van der Waals surface area contributed by atoms with Crippen molar-refractivity contribution in [1.82, 2.24) is 20.2 Å². The molecular formula is C26H28N4O3. The van der Waals surface area contributed by atoms with Crippen LogP contribution in [-0.4, -0.2) is 46.9 Å². The van der Waals surface area contributed by atoms with Gasteiger partial charge in [-0.2, -0.15) is 0 Å². The van der Waals surface area contributed by atoms with Crippen LogP contribution in [0.3, 0.4) is 0 Å². The minimum Gasteiger partial charge on any atom is -0.497 e. The molecule has 1 unspecified atom stereocenters. The summed E-state index contributed by atoms with van der Waals surface area (Å²) < 4.78 is 5.22. The van der Waals surface area contributed by atoms with Crippen molar-refractivity contribution < 1.29 is 14.3 Å². The molecule has 1 saturated heterocycles. The second kappa shape index (κ2) is 10.3. The Morgan fingerprint density at radius 3 is 2.67 bits per heavy atom. The molecule has 2 heterocycles. The lowest BCUT2D eigenvalue weighted by atomic mass is 10.1. The molecule has 2 aromatic carbocycles. The number of rotatable bonds is 7. The Kier molecular flexibility index (Phi) is 6.98. The normalized spacial score (nSPS) is 15.3. The molecule has 3 aromatic rings. The van der Waals surface area contributed by atoms with E-state index in [0.717, 1.165) is 23.3 Å². The smallest absolute Gasteiger partial charge is 0.254 e. The van der Waals surface area contributed by atoms with Crippen LogP contribution >= 0.6 is 0 Å². The van der Waals surface area contributed by atoms with Crippen molar-refractivity contribution in [2.75, 3.05) is 20.2 Å². The fraction of sp³-hybridized carbons (Fsp3) is 0.308. The Morgan fingerprint density at radius 1 is 1.12 bits per heavy atom. The summed E-state index contributed by atoms with van der Waals surface area (Å²) in [6.07, 6.45) is 2.81. The van der Waals surface area contributed by atoms with Crippen LogP contribution in [0.15, 0.2) is 60.8 Å². The number of nitrogens with one attached hydrogen (secondary N) is 1. The van der Waals surface area contributed by atoms with E-state index in [1.807, 2.05) is 66.4 Å². The molecule has 1 aliphatic heterocycles. The molecule has 2 amide bonds. The van der Waals surface area contributed by atoms with E-state index < -0.39 is 0 Å². The molecule has 33 heavy (non-hydrogen) atoms. The summed E-state index contributed by atoms with van der Waals surface area (Å²) in [6.45, 7) is 3.51. The number of likely N-dealkylation sites (tertiary alicyclic amines) is 1. The summed E-state index contributed by atoms with van der Waals surface area (Å²) >= 11 is 0. The van der Waals surface area contributed by atoms with Crippen LogP contribution in [0, 0.1) is 6.92 Å². The van der Waals surface area contributed by atoms with Crippen LogP contribution in [0.4, 0.5) is 0 Å². The summed E-state index contributed by atoms with van der Waals surface area (Å²) in [5, 5.41) is 2.91. The second-order valence-electron chi connectivity index (χ2n) is 8.25. The Labute approximate surface area is 193 Å². The maximum atomic E-state index is 12.7. The van der Waals surface area contributed by atoms with E-state index in [0.29, 0.717) is 43.1 Å². The third-order valence-electron chi connectivity index (χ3n) is 5.93. The largest absolute Gasteiger partial charge is 0.497 e. The zero-order chi connectivity index (χ0) is 23.2. The van der Waals surface area contributed by atoms with Crippen LogP contribution < -0.4 is 10.1 Å². The Hall–Kier alpha value is -3.74. The monoisotopic (exact) mass is 444 g/mol. The second-order valence-corrected chi connectivity index (χ2v) is 8.25. The molecule has 1 aliphatic rings. The number of amides is 2. The highest BCUT2D eigenvalue weighted by Gasteiger charge is 2.29. The lowest BCUT2D eigenvalue weighted by Crippen LogP contribution is -2.30. The Morgan fingerprint density at radius 2 is 1.91 bits per heavy atom. The van der Waals surface area contributed by atoms with Crippen molar-refractivity contribution in [1.29, 1.82) is 0 Å². The van der Waals surface area contributed by atoms with Gasteiger partial charge in [-0.25, -0.2) is 9.97 Å². The number of hydrogen-bond acceptors (Lipinski definition) is 5. The number of methoxy groups -OCH3 is 1. The highest BCUT2D eigenvalue weighted by atomic mass is 16.5. The van der Waals surface area contributed by atoms with Crippen molar-refractivity contribution in [3.63, 3.8) is 0 Å². The van der Waals surface area contributed by atoms with Crippen LogP contribution in [0.1, 0.15) is 45.3 Å². The summed E-state index contributed by atoms with van der Waals surface area (Å²) in [5.41, 5.74) is 3.06. The molecule has 0 spiro atoms.